The zero-order valence-electron chi connectivity index (χ0n) is 9.42. The topological polar surface area (TPSA) is 33.7 Å². The van der Waals surface area contributed by atoms with Crippen LogP contribution in [-0.2, 0) is 9.47 Å². The zero-order valence-corrected chi connectivity index (χ0v) is 9.42. The van der Waals surface area contributed by atoms with Gasteiger partial charge in [0.1, 0.15) is 5.72 Å². The number of rotatable bonds is 0. The van der Waals surface area contributed by atoms with Crippen molar-refractivity contribution < 1.29 is 9.47 Å². The third-order valence-electron chi connectivity index (χ3n) is 4.27. The molecular weight excluding hydrogens is 192 g/mol. The fourth-order valence-corrected chi connectivity index (χ4v) is 2.67. The summed E-state index contributed by atoms with van der Waals surface area (Å²) in [5, 5.41) is 3.58. The summed E-state index contributed by atoms with van der Waals surface area (Å²) in [5.41, 5.74) is 0.114. The number of hydrogen-bond donors (Lipinski definition) is 1. The molecule has 1 aliphatic carbocycles. The number of ether oxygens (including phenoxy) is 2. The minimum atomic E-state index is 0.0313. The van der Waals surface area contributed by atoms with Gasteiger partial charge in [0, 0.05) is 13.1 Å². The summed E-state index contributed by atoms with van der Waals surface area (Å²) >= 11 is 0. The van der Waals surface area contributed by atoms with Gasteiger partial charge in [-0.3, -0.25) is 10.2 Å². The third kappa shape index (κ3) is 1.51. The number of nitrogens with one attached hydrogen (secondary N) is 1. The van der Waals surface area contributed by atoms with Crippen LogP contribution in [0.3, 0.4) is 0 Å². The van der Waals surface area contributed by atoms with Gasteiger partial charge in [-0.05, 0) is 26.3 Å². The molecule has 3 rings (SSSR count). The smallest absolute Gasteiger partial charge is 0.119 e. The lowest BCUT2D eigenvalue weighted by molar-refractivity contribution is -0.209. The average molecular weight is 212 g/mol. The Labute approximate surface area is 90.9 Å². The van der Waals surface area contributed by atoms with Crippen LogP contribution in [0.4, 0.5) is 0 Å². The van der Waals surface area contributed by atoms with Gasteiger partial charge in [-0.25, -0.2) is 0 Å². The highest BCUT2D eigenvalue weighted by Gasteiger charge is 2.49. The minimum absolute atomic E-state index is 0.0313. The first-order valence-electron chi connectivity index (χ1n) is 5.93. The minimum Gasteiger partial charge on any atom is -0.378 e. The van der Waals surface area contributed by atoms with Crippen molar-refractivity contribution in [3.05, 3.63) is 0 Å². The molecule has 15 heavy (non-hydrogen) atoms. The van der Waals surface area contributed by atoms with Crippen LogP contribution in [0.5, 0.6) is 0 Å². The molecule has 3 fully saturated rings. The maximum absolute atomic E-state index is 6.03. The molecule has 2 spiro atoms. The Morgan fingerprint density at radius 3 is 2.67 bits per heavy atom. The van der Waals surface area contributed by atoms with Gasteiger partial charge in [-0.15, -0.1) is 0 Å². The van der Waals surface area contributed by atoms with E-state index in [1.807, 2.05) is 0 Å². The molecular formula is C11H20N2O2. The summed E-state index contributed by atoms with van der Waals surface area (Å²) in [6, 6.07) is 0. The molecule has 4 nitrogen and oxygen atoms in total. The standard InChI is InChI=1S/C11H20N2O2/c1-13-5-6-14-8-10(13)7-12-11(15-9-10)3-2-4-11/h12H,2-9H2,1H3. The maximum Gasteiger partial charge on any atom is 0.119 e. The second kappa shape index (κ2) is 3.42. The van der Waals surface area contributed by atoms with E-state index in [2.05, 4.69) is 17.3 Å². The molecule has 0 aromatic rings. The Kier molecular flexibility index (Phi) is 2.28. The summed E-state index contributed by atoms with van der Waals surface area (Å²) in [4.78, 5) is 2.38. The molecule has 3 aliphatic rings. The van der Waals surface area contributed by atoms with Crippen LogP contribution >= 0.6 is 0 Å². The van der Waals surface area contributed by atoms with Crippen LogP contribution in [0.25, 0.3) is 0 Å². The summed E-state index contributed by atoms with van der Waals surface area (Å²) < 4.78 is 11.6. The first kappa shape index (κ1) is 10.0. The normalized spacial score (nSPS) is 40.6. The van der Waals surface area contributed by atoms with Gasteiger partial charge in [0.05, 0.1) is 25.4 Å². The molecule has 4 heteroatoms. The molecule has 1 unspecified atom stereocenters. The fraction of sp³-hybridized carbons (Fsp3) is 1.00. The fourth-order valence-electron chi connectivity index (χ4n) is 2.67. The van der Waals surface area contributed by atoms with Crippen LogP contribution < -0.4 is 5.32 Å². The lowest BCUT2D eigenvalue weighted by Crippen LogP contribution is -2.72. The largest absolute Gasteiger partial charge is 0.378 e. The molecule has 0 radical (unpaired) electrons. The van der Waals surface area contributed by atoms with Crippen molar-refractivity contribution in [3.8, 4) is 0 Å². The molecule has 0 aromatic carbocycles. The third-order valence-corrected chi connectivity index (χ3v) is 4.27. The first-order valence-corrected chi connectivity index (χ1v) is 5.93. The van der Waals surface area contributed by atoms with E-state index < -0.39 is 0 Å². The van der Waals surface area contributed by atoms with E-state index >= 15 is 0 Å². The van der Waals surface area contributed by atoms with E-state index in [0.717, 1.165) is 32.9 Å². The lowest BCUT2D eigenvalue weighted by Gasteiger charge is -2.55. The van der Waals surface area contributed by atoms with E-state index in [9.17, 15) is 0 Å². The van der Waals surface area contributed by atoms with Gasteiger partial charge in [0.15, 0.2) is 0 Å². The molecule has 1 saturated carbocycles. The molecule has 2 aliphatic heterocycles. The van der Waals surface area contributed by atoms with Crippen LogP contribution in [0.15, 0.2) is 0 Å². The van der Waals surface area contributed by atoms with E-state index in [1.54, 1.807) is 0 Å². The number of likely N-dealkylation sites (N-methyl/N-ethyl adjacent to an activating group) is 1. The Hall–Kier alpha value is -0.160. The predicted molar refractivity (Wildman–Crippen MR) is 56.7 cm³/mol. The maximum atomic E-state index is 6.03. The zero-order chi connectivity index (χ0) is 10.4. The SMILES string of the molecule is CN1CCOCC12CNC1(CCC1)OC2. The van der Waals surface area contributed by atoms with Gasteiger partial charge in [-0.2, -0.15) is 0 Å². The van der Waals surface area contributed by atoms with Crippen LogP contribution in [-0.4, -0.2) is 56.1 Å². The van der Waals surface area contributed by atoms with Gasteiger partial charge >= 0.3 is 0 Å². The highest BCUT2D eigenvalue weighted by atomic mass is 16.5. The number of nitrogens with zero attached hydrogens (tertiary/aromatic N) is 1. The van der Waals surface area contributed by atoms with Gasteiger partial charge in [0.2, 0.25) is 0 Å². The second-order valence-electron chi connectivity index (χ2n) is 5.19. The highest BCUT2D eigenvalue weighted by Crippen LogP contribution is 2.37. The van der Waals surface area contributed by atoms with E-state index in [4.69, 9.17) is 9.47 Å². The molecule has 0 bridgehead atoms. The summed E-state index contributed by atoms with van der Waals surface area (Å²) in [6.07, 6.45) is 3.65. The van der Waals surface area contributed by atoms with Crippen molar-refractivity contribution >= 4 is 0 Å². The van der Waals surface area contributed by atoms with Crippen molar-refractivity contribution in [3.63, 3.8) is 0 Å². The van der Waals surface area contributed by atoms with E-state index in [-0.39, 0.29) is 11.3 Å². The van der Waals surface area contributed by atoms with Crippen molar-refractivity contribution in [1.29, 1.82) is 0 Å². The monoisotopic (exact) mass is 212 g/mol. The number of morpholine rings is 1. The molecule has 0 aromatic heterocycles. The molecule has 1 N–H and O–H groups in total. The lowest BCUT2D eigenvalue weighted by atomic mass is 9.84. The molecule has 86 valence electrons. The molecule has 2 saturated heterocycles. The Bertz CT molecular complexity index is 243. The summed E-state index contributed by atoms with van der Waals surface area (Å²) in [7, 11) is 2.17. The summed E-state index contributed by atoms with van der Waals surface area (Å²) in [6.45, 7) is 4.48. The Balaban J connectivity index is 1.68. The van der Waals surface area contributed by atoms with Gasteiger partial charge in [-0.1, -0.05) is 0 Å². The molecule has 2 heterocycles. The average Bonchev–Trinajstić information content (AvgIpc) is 2.22. The van der Waals surface area contributed by atoms with Gasteiger partial charge in [0.25, 0.3) is 0 Å². The van der Waals surface area contributed by atoms with E-state index in [0.29, 0.717) is 0 Å². The molecule has 0 amide bonds. The van der Waals surface area contributed by atoms with Crippen LogP contribution in [0.2, 0.25) is 0 Å². The van der Waals surface area contributed by atoms with Gasteiger partial charge < -0.3 is 9.47 Å². The van der Waals surface area contributed by atoms with Crippen molar-refractivity contribution in [2.75, 3.05) is 40.0 Å². The Morgan fingerprint density at radius 1 is 1.27 bits per heavy atom. The molecule has 1 atom stereocenters. The van der Waals surface area contributed by atoms with Crippen molar-refractivity contribution in [1.82, 2.24) is 10.2 Å². The summed E-state index contributed by atoms with van der Waals surface area (Å²) in [5.74, 6) is 0. The van der Waals surface area contributed by atoms with E-state index in [1.165, 1.54) is 19.3 Å². The first-order chi connectivity index (χ1) is 7.25. The van der Waals surface area contributed by atoms with Crippen molar-refractivity contribution in [2.24, 2.45) is 0 Å². The number of hydrogen-bond acceptors (Lipinski definition) is 4. The highest BCUT2D eigenvalue weighted by molar-refractivity contribution is 5.02. The van der Waals surface area contributed by atoms with Crippen molar-refractivity contribution in [2.45, 2.75) is 30.5 Å². The Morgan fingerprint density at radius 2 is 2.13 bits per heavy atom. The second-order valence-corrected chi connectivity index (χ2v) is 5.19. The quantitative estimate of drug-likeness (QED) is 0.621. The van der Waals surface area contributed by atoms with Crippen LogP contribution in [0.1, 0.15) is 19.3 Å². The predicted octanol–water partition coefficient (Wildman–Crippen LogP) is 0.187. The van der Waals surface area contributed by atoms with Crippen LogP contribution in [0, 0.1) is 0 Å².